The van der Waals surface area contributed by atoms with Crippen molar-refractivity contribution in [1.82, 2.24) is 0 Å². The summed E-state index contributed by atoms with van der Waals surface area (Å²) in [6.07, 6.45) is 11.1. The molecule has 4 bridgehead atoms. The number of esters is 3. The minimum Gasteiger partial charge on any atom is -0.494 e. The van der Waals surface area contributed by atoms with Gasteiger partial charge in [0, 0.05) is 5.57 Å². The molecule has 0 N–H and O–H groups in total. The molecule has 12 atom stereocenters. The molecule has 0 aromatic heterocycles. The molecule has 0 heterocycles. The van der Waals surface area contributed by atoms with Crippen molar-refractivity contribution in [3.05, 3.63) is 84.7 Å². The minimum atomic E-state index is -0.305. The fraction of sp³-hybridized carbons (Fsp3) is 0.568. The molecule has 7 nitrogen and oxygen atoms in total. The fourth-order valence-electron chi connectivity index (χ4n) is 11.9. The van der Waals surface area contributed by atoms with Gasteiger partial charge >= 0.3 is 17.9 Å². The van der Waals surface area contributed by atoms with Crippen molar-refractivity contribution >= 4 is 28.7 Å². The maximum absolute atomic E-state index is 13.1. The van der Waals surface area contributed by atoms with Crippen LogP contribution in [0.25, 0.3) is 10.8 Å². The lowest BCUT2D eigenvalue weighted by Crippen LogP contribution is -2.28. The quantitative estimate of drug-likeness (QED) is 0.0683. The van der Waals surface area contributed by atoms with Crippen molar-refractivity contribution in [2.75, 3.05) is 26.4 Å². The predicted molar refractivity (Wildman–Crippen MR) is 194 cm³/mol. The number of fused-ring (bicyclic) bond motifs is 11. The number of hydrogen-bond acceptors (Lipinski definition) is 7. The predicted octanol–water partition coefficient (Wildman–Crippen LogP) is 8.59. The van der Waals surface area contributed by atoms with Gasteiger partial charge in [-0.15, -0.1) is 0 Å². The van der Waals surface area contributed by atoms with Crippen LogP contribution in [0, 0.1) is 71.0 Å². The molecule has 2 aromatic carbocycles. The van der Waals surface area contributed by atoms with Gasteiger partial charge < -0.3 is 18.9 Å². The molecule has 6 aliphatic rings. The standard InChI is InChI=1S/C44H52O7/c1-5-25(4)48-22-34-16-32-18-38(34)40-12-26(10-36(32)40)20-49-43(46)30-8-6-29-15-31(9-7-28(29)14-30)44(47)50-21-27-11-37-33-17-35(23-51-42(45)24(2)3)39(19-33)41(37)13-27/h5-9,14-15,26-27,32-41H,1-2,4,10-13,16-23H2,3H3. The van der Waals surface area contributed by atoms with Gasteiger partial charge in [-0.25, -0.2) is 14.4 Å². The van der Waals surface area contributed by atoms with Crippen LogP contribution >= 0.6 is 0 Å². The zero-order valence-corrected chi connectivity index (χ0v) is 29.9. The molecular formula is C44H52O7. The summed E-state index contributed by atoms with van der Waals surface area (Å²) >= 11 is 0. The zero-order chi connectivity index (χ0) is 35.4. The van der Waals surface area contributed by atoms with Crippen LogP contribution in [0.3, 0.4) is 0 Å². The zero-order valence-electron chi connectivity index (χ0n) is 29.9. The molecule has 270 valence electrons. The van der Waals surface area contributed by atoms with Crippen LogP contribution in [0.15, 0.2) is 73.5 Å². The van der Waals surface area contributed by atoms with Crippen LogP contribution in [0.4, 0.5) is 0 Å². The molecule has 2 aromatic rings. The number of rotatable bonds is 13. The van der Waals surface area contributed by atoms with E-state index in [-0.39, 0.29) is 17.9 Å². The molecule has 51 heavy (non-hydrogen) atoms. The van der Waals surface area contributed by atoms with E-state index in [4.69, 9.17) is 18.9 Å². The first-order valence-corrected chi connectivity index (χ1v) is 19.3. The summed E-state index contributed by atoms with van der Waals surface area (Å²) in [5.41, 5.74) is 1.51. The number of benzene rings is 2. The maximum atomic E-state index is 13.1. The monoisotopic (exact) mass is 692 g/mol. The minimum absolute atomic E-state index is 0.288. The van der Waals surface area contributed by atoms with E-state index in [0.29, 0.717) is 101 Å². The van der Waals surface area contributed by atoms with E-state index in [2.05, 4.69) is 19.7 Å². The number of carbonyl (C=O) groups is 3. The van der Waals surface area contributed by atoms with Gasteiger partial charge in [-0.2, -0.15) is 0 Å². The Labute approximate surface area is 301 Å². The highest BCUT2D eigenvalue weighted by Gasteiger charge is 2.57. The topological polar surface area (TPSA) is 88.1 Å². The average molecular weight is 693 g/mol. The molecule has 0 radical (unpaired) electrons. The largest absolute Gasteiger partial charge is 0.494 e. The molecule has 0 aliphatic heterocycles. The van der Waals surface area contributed by atoms with E-state index in [1.807, 2.05) is 24.3 Å². The lowest BCUT2D eigenvalue weighted by atomic mass is 9.76. The Morgan fingerprint density at radius 2 is 1.08 bits per heavy atom. The Morgan fingerprint density at radius 1 is 0.608 bits per heavy atom. The van der Waals surface area contributed by atoms with Gasteiger partial charge in [0.1, 0.15) is 5.76 Å². The smallest absolute Gasteiger partial charge is 0.338 e. The van der Waals surface area contributed by atoms with Crippen LogP contribution in [0.5, 0.6) is 0 Å². The summed E-state index contributed by atoms with van der Waals surface area (Å²) in [5.74, 6) is 7.17. The third-order valence-electron chi connectivity index (χ3n) is 14.1. The van der Waals surface area contributed by atoms with E-state index in [9.17, 15) is 14.4 Å². The molecule has 6 aliphatic carbocycles. The summed E-state index contributed by atoms with van der Waals surface area (Å²) in [7, 11) is 0. The van der Waals surface area contributed by atoms with Crippen molar-refractivity contribution in [3.63, 3.8) is 0 Å². The van der Waals surface area contributed by atoms with Crippen LogP contribution in [-0.4, -0.2) is 44.3 Å². The maximum Gasteiger partial charge on any atom is 0.338 e. The highest BCUT2D eigenvalue weighted by atomic mass is 16.5. The van der Waals surface area contributed by atoms with Gasteiger partial charge in [-0.3, -0.25) is 0 Å². The van der Waals surface area contributed by atoms with Crippen LogP contribution in [0.1, 0.15) is 79.0 Å². The van der Waals surface area contributed by atoms with Crippen LogP contribution in [0.2, 0.25) is 0 Å². The van der Waals surface area contributed by atoms with Crippen molar-refractivity contribution < 1.29 is 33.3 Å². The first kappa shape index (κ1) is 34.2. The van der Waals surface area contributed by atoms with Crippen molar-refractivity contribution in [1.29, 1.82) is 0 Å². The highest BCUT2D eigenvalue weighted by Crippen LogP contribution is 2.63. The summed E-state index contributed by atoms with van der Waals surface area (Å²) in [4.78, 5) is 38.1. The first-order valence-electron chi connectivity index (χ1n) is 19.3. The molecule has 8 rings (SSSR count). The Morgan fingerprint density at radius 3 is 1.55 bits per heavy atom. The van der Waals surface area contributed by atoms with Gasteiger partial charge in [0.15, 0.2) is 0 Å². The van der Waals surface area contributed by atoms with Crippen LogP contribution < -0.4 is 0 Å². The molecule has 7 heteroatoms. The molecule has 6 fully saturated rings. The fourth-order valence-corrected chi connectivity index (χ4v) is 11.9. The van der Waals surface area contributed by atoms with E-state index in [1.165, 1.54) is 19.3 Å². The Kier molecular flexibility index (Phi) is 9.35. The second kappa shape index (κ2) is 13.9. The third kappa shape index (κ3) is 6.66. The first-order chi connectivity index (χ1) is 24.6. The third-order valence-corrected chi connectivity index (χ3v) is 14.1. The molecular weight excluding hydrogens is 640 g/mol. The van der Waals surface area contributed by atoms with Gasteiger partial charge in [-0.05, 0) is 170 Å². The lowest BCUT2D eigenvalue weighted by Gasteiger charge is -2.31. The second-order valence-electron chi connectivity index (χ2n) is 17.0. The van der Waals surface area contributed by atoms with Gasteiger partial charge in [0.25, 0.3) is 0 Å². The summed E-state index contributed by atoms with van der Waals surface area (Å²) in [5, 5.41) is 1.78. The molecule has 0 spiro atoms. The number of allylic oxidation sites excluding steroid dienone is 1. The van der Waals surface area contributed by atoms with E-state index in [1.54, 1.807) is 25.1 Å². The van der Waals surface area contributed by atoms with Crippen molar-refractivity contribution in [3.8, 4) is 0 Å². The van der Waals surface area contributed by atoms with Gasteiger partial charge in [0.05, 0.1) is 37.6 Å². The Hall–Kier alpha value is -3.87. The number of carbonyl (C=O) groups excluding carboxylic acids is 3. The van der Waals surface area contributed by atoms with E-state index < -0.39 is 0 Å². The average Bonchev–Trinajstić information content (AvgIpc) is 3.98. The molecule has 12 unspecified atom stereocenters. The number of hydrogen-bond donors (Lipinski definition) is 0. The van der Waals surface area contributed by atoms with Gasteiger partial charge in [0.2, 0.25) is 0 Å². The Bertz CT molecular complexity index is 1740. The highest BCUT2D eigenvalue weighted by molar-refractivity contribution is 5.99. The van der Waals surface area contributed by atoms with Crippen molar-refractivity contribution in [2.24, 2.45) is 71.0 Å². The summed E-state index contributed by atoms with van der Waals surface area (Å²) in [6.45, 7) is 15.2. The lowest BCUT2D eigenvalue weighted by molar-refractivity contribution is -0.141. The summed E-state index contributed by atoms with van der Waals surface area (Å²) < 4.78 is 23.1. The molecule has 0 saturated heterocycles. The van der Waals surface area contributed by atoms with Crippen LogP contribution in [-0.2, 0) is 23.7 Å². The normalized spacial score (nSPS) is 35.3. The van der Waals surface area contributed by atoms with E-state index in [0.717, 1.165) is 61.3 Å². The number of ether oxygens (including phenoxy) is 4. The van der Waals surface area contributed by atoms with Crippen molar-refractivity contribution in [2.45, 2.75) is 58.3 Å². The second-order valence-corrected chi connectivity index (χ2v) is 17.0. The summed E-state index contributed by atoms with van der Waals surface area (Å²) in [6, 6.07) is 11.1. The molecule has 0 amide bonds. The van der Waals surface area contributed by atoms with Gasteiger partial charge in [-0.1, -0.05) is 31.9 Å². The molecule has 6 saturated carbocycles. The SMILES string of the molecule is C=CC(=C)OCC1CC2CC1C1CC(COC(=O)c3ccc4cc(C(=O)OCC5CC6C7CC(COC(=O)C(=C)C)C(C7)C6C5)ccc4c3)CC21. The van der Waals surface area contributed by atoms with E-state index >= 15 is 0 Å². The Balaban J connectivity index is 0.796.